The van der Waals surface area contributed by atoms with Gasteiger partial charge >= 0.3 is 0 Å². The van der Waals surface area contributed by atoms with Crippen LogP contribution in [0.1, 0.15) is 95.5 Å². The molecule has 0 radical (unpaired) electrons. The number of nitrogens with zero attached hydrogens (tertiary/aromatic N) is 1. The molecule has 358 valence electrons. The lowest BCUT2D eigenvalue weighted by Gasteiger charge is -2.28. The summed E-state index contributed by atoms with van der Waals surface area (Å²) in [6, 6.07) is 79.1. The highest BCUT2D eigenvalue weighted by Gasteiger charge is 2.30. The third-order valence-corrected chi connectivity index (χ3v) is 16.7. The first-order valence-corrected chi connectivity index (χ1v) is 26.7. The number of benzene rings is 11. The molecule has 74 heavy (non-hydrogen) atoms. The Kier molecular flexibility index (Phi) is 10.9. The molecule has 1 unspecified atom stereocenters. The zero-order valence-corrected chi connectivity index (χ0v) is 43.8. The van der Waals surface area contributed by atoms with E-state index in [0.29, 0.717) is 11.8 Å². The lowest BCUT2D eigenvalue weighted by molar-refractivity contribution is 0.863. The van der Waals surface area contributed by atoms with E-state index in [-0.39, 0.29) is 5.92 Å². The average Bonchev–Trinajstić information content (AvgIpc) is 3.97. The predicted molar refractivity (Wildman–Crippen MR) is 320 cm³/mol. The van der Waals surface area contributed by atoms with Crippen LogP contribution < -0.4 is 4.90 Å². The standard InChI is InChI=1S/C73H61N/c1-43(2)49-28-30-53(31-29-49)65(54-27-25-45(5)47(7)41-54)58-37-38-62-68-57(58)21-15-23-60(68)70-66(51-17-11-9-12-18-51)73-63-39-40-64(74(56-34-26-46(6)48(8)42-56)55-35-32-50(33-36-55)44(3)4)59-22-16-24-61(69(59)63)71(73)67(72(62)70)52-19-13-10-14-20-52/h9-44,65H,1-8H3. The van der Waals surface area contributed by atoms with Gasteiger partial charge in [-0.15, -0.1) is 0 Å². The second-order valence-electron chi connectivity index (χ2n) is 21.7. The third-order valence-electron chi connectivity index (χ3n) is 16.7. The summed E-state index contributed by atoms with van der Waals surface area (Å²) in [6.45, 7) is 18.0. The Morgan fingerprint density at radius 2 is 0.730 bits per heavy atom. The Morgan fingerprint density at radius 3 is 1.27 bits per heavy atom. The number of hydrogen-bond donors (Lipinski definition) is 0. The van der Waals surface area contributed by atoms with E-state index in [2.05, 4.69) is 267 Å². The van der Waals surface area contributed by atoms with Crippen LogP contribution in [0, 0.1) is 27.7 Å². The van der Waals surface area contributed by atoms with Crippen molar-refractivity contribution in [3.8, 4) is 22.3 Å². The van der Waals surface area contributed by atoms with Gasteiger partial charge in [0.15, 0.2) is 0 Å². The van der Waals surface area contributed by atoms with E-state index in [9.17, 15) is 0 Å². The maximum absolute atomic E-state index is 2.48. The molecule has 0 amide bonds. The average molecular weight is 952 g/mol. The first-order valence-electron chi connectivity index (χ1n) is 26.7. The largest absolute Gasteiger partial charge is 0.310 e. The van der Waals surface area contributed by atoms with Crippen LogP contribution in [0.25, 0.3) is 86.9 Å². The topological polar surface area (TPSA) is 3.24 Å². The molecule has 0 aliphatic rings. The molecule has 1 nitrogen and oxygen atoms in total. The maximum atomic E-state index is 2.48. The van der Waals surface area contributed by atoms with Crippen LogP contribution in [-0.4, -0.2) is 0 Å². The molecule has 0 bridgehead atoms. The summed E-state index contributed by atoms with van der Waals surface area (Å²) < 4.78 is 0. The zero-order chi connectivity index (χ0) is 50.5. The van der Waals surface area contributed by atoms with E-state index in [1.54, 1.807) is 0 Å². The van der Waals surface area contributed by atoms with E-state index in [0.717, 1.165) is 11.4 Å². The summed E-state index contributed by atoms with van der Waals surface area (Å²) in [5, 5.41) is 15.6. The highest BCUT2D eigenvalue weighted by molar-refractivity contribution is 6.47. The van der Waals surface area contributed by atoms with Crippen molar-refractivity contribution in [2.45, 2.75) is 73.1 Å². The number of aryl methyl sites for hydroxylation is 4. The van der Waals surface area contributed by atoms with E-state index in [1.807, 2.05) is 0 Å². The van der Waals surface area contributed by atoms with E-state index >= 15 is 0 Å². The molecule has 0 spiro atoms. The van der Waals surface area contributed by atoms with Gasteiger partial charge in [-0.05, 0) is 201 Å². The molecule has 0 aromatic heterocycles. The molecule has 0 saturated heterocycles. The second-order valence-corrected chi connectivity index (χ2v) is 21.7. The highest BCUT2D eigenvalue weighted by Crippen LogP contribution is 2.57. The molecule has 0 aliphatic heterocycles. The Balaban J connectivity index is 1.16. The smallest absolute Gasteiger partial charge is 0.0540 e. The molecular weight excluding hydrogens is 891 g/mol. The Labute approximate surface area is 436 Å². The van der Waals surface area contributed by atoms with Crippen molar-refractivity contribution >= 4 is 81.7 Å². The molecule has 13 aromatic carbocycles. The fourth-order valence-electron chi connectivity index (χ4n) is 12.6. The van der Waals surface area contributed by atoms with Crippen LogP contribution in [0.4, 0.5) is 17.1 Å². The Morgan fingerprint density at radius 1 is 0.297 bits per heavy atom. The number of fused-ring (bicyclic) bond motifs is 6. The normalized spacial score (nSPS) is 12.5. The van der Waals surface area contributed by atoms with Gasteiger partial charge in [0, 0.05) is 22.7 Å². The van der Waals surface area contributed by atoms with Gasteiger partial charge in [-0.2, -0.15) is 0 Å². The fourth-order valence-corrected chi connectivity index (χ4v) is 12.6. The Bertz CT molecular complexity index is 3920. The summed E-state index contributed by atoms with van der Waals surface area (Å²) in [5.41, 5.74) is 20.4. The molecule has 0 saturated carbocycles. The number of rotatable bonds is 10. The van der Waals surface area contributed by atoms with Crippen molar-refractivity contribution in [1.29, 1.82) is 0 Å². The quantitative estimate of drug-likeness (QED) is 0.124. The molecule has 13 rings (SSSR count). The zero-order valence-electron chi connectivity index (χ0n) is 43.8. The maximum Gasteiger partial charge on any atom is 0.0540 e. The van der Waals surface area contributed by atoms with E-state index in [4.69, 9.17) is 0 Å². The molecule has 13 aromatic rings. The number of anilines is 3. The fraction of sp³-hybridized carbons (Fsp3) is 0.151. The number of hydrogen-bond acceptors (Lipinski definition) is 1. The lowest BCUT2D eigenvalue weighted by atomic mass is 9.81. The summed E-state index contributed by atoms with van der Waals surface area (Å²) in [6.07, 6.45) is 0. The summed E-state index contributed by atoms with van der Waals surface area (Å²) in [7, 11) is 0. The van der Waals surface area contributed by atoms with Crippen LogP contribution in [0.2, 0.25) is 0 Å². The highest BCUT2D eigenvalue weighted by atomic mass is 15.1. The van der Waals surface area contributed by atoms with Gasteiger partial charge in [-0.3, -0.25) is 0 Å². The second kappa shape index (κ2) is 17.7. The molecule has 1 atom stereocenters. The van der Waals surface area contributed by atoms with E-state index in [1.165, 1.54) is 143 Å². The predicted octanol–water partition coefficient (Wildman–Crippen LogP) is 20.9. The summed E-state index contributed by atoms with van der Waals surface area (Å²) in [5.74, 6) is 0.956. The van der Waals surface area contributed by atoms with Crippen molar-refractivity contribution in [2.24, 2.45) is 0 Å². The van der Waals surface area contributed by atoms with Gasteiger partial charge in [0.05, 0.1) is 5.69 Å². The third kappa shape index (κ3) is 7.12. The van der Waals surface area contributed by atoms with Crippen LogP contribution in [0.3, 0.4) is 0 Å². The minimum atomic E-state index is 0.0472. The SMILES string of the molecule is Cc1ccc(C(c2ccc(C(C)C)cc2)c2ccc3c4c(-c5ccccc5)c5c6cccc7c(N(c8ccc(C(C)C)cc8)c8ccc(C)c(C)c8)ccc(c5c(-c5ccccc5)c4c4cccc2c34)c76)cc1C. The van der Waals surface area contributed by atoms with Crippen molar-refractivity contribution in [3.63, 3.8) is 0 Å². The van der Waals surface area contributed by atoms with Gasteiger partial charge < -0.3 is 4.90 Å². The molecular formula is C73H61N. The van der Waals surface area contributed by atoms with Crippen LogP contribution in [-0.2, 0) is 0 Å². The van der Waals surface area contributed by atoms with Gasteiger partial charge in [0.2, 0.25) is 0 Å². The molecule has 0 N–H and O–H groups in total. The molecule has 1 heteroatoms. The molecule has 0 aliphatic carbocycles. The monoisotopic (exact) mass is 951 g/mol. The van der Waals surface area contributed by atoms with Gasteiger partial charge in [-0.25, -0.2) is 0 Å². The van der Waals surface area contributed by atoms with Crippen molar-refractivity contribution in [3.05, 3.63) is 256 Å². The molecule has 0 heterocycles. The van der Waals surface area contributed by atoms with Gasteiger partial charge in [0.25, 0.3) is 0 Å². The first-order chi connectivity index (χ1) is 36.0. The van der Waals surface area contributed by atoms with Crippen molar-refractivity contribution in [2.75, 3.05) is 4.90 Å². The van der Waals surface area contributed by atoms with Gasteiger partial charge in [-0.1, -0.05) is 204 Å². The van der Waals surface area contributed by atoms with E-state index < -0.39 is 0 Å². The summed E-state index contributed by atoms with van der Waals surface area (Å²) in [4.78, 5) is 2.48. The summed E-state index contributed by atoms with van der Waals surface area (Å²) >= 11 is 0. The lowest BCUT2D eigenvalue weighted by Crippen LogP contribution is -2.11. The van der Waals surface area contributed by atoms with Crippen LogP contribution >= 0.6 is 0 Å². The van der Waals surface area contributed by atoms with Crippen LogP contribution in [0.5, 0.6) is 0 Å². The molecule has 0 fully saturated rings. The van der Waals surface area contributed by atoms with Crippen molar-refractivity contribution < 1.29 is 0 Å². The minimum Gasteiger partial charge on any atom is -0.310 e. The first kappa shape index (κ1) is 45.6. The minimum absolute atomic E-state index is 0.0472. The van der Waals surface area contributed by atoms with Gasteiger partial charge in [0.1, 0.15) is 0 Å². The van der Waals surface area contributed by atoms with Crippen molar-refractivity contribution in [1.82, 2.24) is 0 Å². The Hall–Kier alpha value is -8.26. The van der Waals surface area contributed by atoms with Crippen LogP contribution in [0.15, 0.2) is 206 Å².